The molecule has 0 atom stereocenters. The van der Waals surface area contributed by atoms with Gasteiger partial charge in [-0.3, -0.25) is 14.4 Å². The lowest BCUT2D eigenvalue weighted by atomic mass is 10.1. The van der Waals surface area contributed by atoms with Gasteiger partial charge in [0.15, 0.2) is 15.9 Å². The molecule has 15 nitrogen and oxygen atoms in total. The molecule has 4 heterocycles. The number of pyridine rings is 1. The van der Waals surface area contributed by atoms with Gasteiger partial charge in [0.1, 0.15) is 17.2 Å². The van der Waals surface area contributed by atoms with Gasteiger partial charge in [-0.05, 0) is 54.0 Å². The Labute approximate surface area is 310 Å². The standard InChI is InChI=1S/C15H12BrClF4N2O2.C14H13ClN6O5S/c1-6(2)25-14(24)7-4-8(10(18)5-9(7)17)12-11(16)13(15(19,20)21)23(3)22-12;1-25-9-7-10(26-2)18-13(17-9)19-14(22)20-27(23,24)12-11(15)16-8-5-3-4-6-21(8)12/h4-6H,1-3H3;3-7H,1-2H3,(H2,17,18,19,20,22). The van der Waals surface area contributed by atoms with Crippen molar-refractivity contribution in [3.8, 4) is 23.0 Å². The van der Waals surface area contributed by atoms with Crippen LogP contribution in [0, 0.1) is 5.82 Å². The highest BCUT2D eigenvalue weighted by Crippen LogP contribution is 2.41. The molecule has 5 aromatic rings. The zero-order valence-corrected chi connectivity index (χ0v) is 31.1. The SMILES string of the molecule is CC(C)OC(=O)c1cc(-c2nn(C)c(C(F)(F)F)c2Br)c(F)cc1Cl.COc1cc(OC)nc(NC(=O)NS(=O)(=O)c2c(Cl)nc3ccccn23)n1. The number of amides is 2. The number of anilines is 1. The Morgan fingerprint density at radius 2 is 1.65 bits per heavy atom. The average molecular weight is 856 g/mol. The maximum atomic E-state index is 14.3. The number of urea groups is 1. The highest BCUT2D eigenvalue weighted by Gasteiger charge is 2.39. The monoisotopic (exact) mass is 854 g/mol. The number of imidazole rings is 1. The van der Waals surface area contributed by atoms with Crippen LogP contribution in [0.3, 0.4) is 0 Å². The lowest BCUT2D eigenvalue weighted by molar-refractivity contribution is -0.144. The molecule has 0 aliphatic rings. The second-order valence-electron chi connectivity index (χ2n) is 10.4. The van der Waals surface area contributed by atoms with Crippen LogP contribution in [0.4, 0.5) is 28.3 Å². The Bertz CT molecular complexity index is 2250. The molecule has 0 saturated carbocycles. The zero-order chi connectivity index (χ0) is 38.7. The predicted octanol–water partition coefficient (Wildman–Crippen LogP) is 6.53. The molecule has 1 aromatic carbocycles. The maximum absolute atomic E-state index is 14.3. The van der Waals surface area contributed by atoms with Gasteiger partial charge in [0.05, 0.1) is 41.4 Å². The summed E-state index contributed by atoms with van der Waals surface area (Å²) in [6, 6.07) is 6.98. The van der Waals surface area contributed by atoms with Crippen molar-refractivity contribution in [3.05, 3.63) is 74.3 Å². The molecule has 0 aliphatic heterocycles. The van der Waals surface area contributed by atoms with E-state index in [4.69, 9.17) is 37.4 Å². The molecular formula is C29H25BrCl2F4N8O7S. The summed E-state index contributed by atoms with van der Waals surface area (Å²) in [5.74, 6) is -1.72. The highest BCUT2D eigenvalue weighted by atomic mass is 79.9. The molecule has 0 spiro atoms. The first-order valence-electron chi connectivity index (χ1n) is 14.2. The number of nitrogens with one attached hydrogen (secondary N) is 2. The topological polar surface area (TPSA) is 181 Å². The lowest BCUT2D eigenvalue weighted by Gasteiger charge is -2.11. The van der Waals surface area contributed by atoms with Crippen LogP contribution in [0.2, 0.25) is 10.2 Å². The van der Waals surface area contributed by atoms with Crippen LogP contribution in [0.1, 0.15) is 29.9 Å². The number of fused-ring (bicyclic) bond motifs is 1. The van der Waals surface area contributed by atoms with Crippen molar-refractivity contribution in [2.45, 2.75) is 31.2 Å². The van der Waals surface area contributed by atoms with Gasteiger partial charge >= 0.3 is 18.2 Å². The van der Waals surface area contributed by atoms with Crippen LogP contribution >= 0.6 is 39.1 Å². The van der Waals surface area contributed by atoms with E-state index in [1.54, 1.807) is 32.0 Å². The van der Waals surface area contributed by atoms with Gasteiger partial charge in [-0.1, -0.05) is 29.3 Å². The molecule has 0 saturated heterocycles. The highest BCUT2D eigenvalue weighted by molar-refractivity contribution is 9.10. The number of hydrogen-bond acceptors (Lipinski definition) is 11. The van der Waals surface area contributed by atoms with E-state index >= 15 is 0 Å². The second kappa shape index (κ2) is 15.9. The number of nitrogens with zero attached hydrogens (tertiary/aromatic N) is 6. The number of sulfonamides is 1. The van der Waals surface area contributed by atoms with Gasteiger partial charge < -0.3 is 14.2 Å². The van der Waals surface area contributed by atoms with Gasteiger partial charge in [0, 0.05) is 18.8 Å². The molecule has 2 N–H and O–H groups in total. The third-order valence-corrected chi connectivity index (χ3v) is 9.18. The smallest absolute Gasteiger partial charge is 0.434 e. The third kappa shape index (κ3) is 9.00. The van der Waals surface area contributed by atoms with Crippen LogP contribution in [0.15, 0.2) is 52.1 Å². The Morgan fingerprint density at radius 1 is 1.02 bits per heavy atom. The Hall–Kier alpha value is -4.73. The van der Waals surface area contributed by atoms with Crippen LogP contribution < -0.4 is 19.5 Å². The number of aromatic nitrogens is 6. The number of rotatable bonds is 8. The lowest BCUT2D eigenvalue weighted by Crippen LogP contribution is -2.35. The minimum absolute atomic E-state index is 0.116. The van der Waals surface area contributed by atoms with Crippen molar-refractivity contribution < 1.29 is 49.8 Å². The van der Waals surface area contributed by atoms with Crippen molar-refractivity contribution in [2.75, 3.05) is 19.5 Å². The number of halogens is 7. The number of alkyl halides is 3. The number of esters is 1. The first-order valence-corrected chi connectivity index (χ1v) is 17.2. The summed E-state index contributed by atoms with van der Waals surface area (Å²) >= 11 is 14.6. The first kappa shape index (κ1) is 40.0. The Kier molecular flexibility index (Phi) is 12.2. The Balaban J connectivity index is 0.000000234. The molecule has 0 aliphatic carbocycles. The largest absolute Gasteiger partial charge is 0.481 e. The molecule has 0 unspecified atom stereocenters. The van der Waals surface area contributed by atoms with Gasteiger partial charge in [0.25, 0.3) is 10.0 Å². The van der Waals surface area contributed by atoms with E-state index < -0.39 is 50.3 Å². The molecule has 0 radical (unpaired) electrons. The number of aryl methyl sites for hydroxylation is 1. The number of ether oxygens (including phenoxy) is 3. The molecular weight excluding hydrogens is 831 g/mol. The van der Waals surface area contributed by atoms with E-state index in [1.807, 2.05) is 4.72 Å². The van der Waals surface area contributed by atoms with Gasteiger partial charge in [0.2, 0.25) is 17.7 Å². The van der Waals surface area contributed by atoms with Crippen LogP contribution in [-0.2, 0) is 28.0 Å². The summed E-state index contributed by atoms with van der Waals surface area (Å²) in [5.41, 5.74) is -1.55. The van der Waals surface area contributed by atoms with Crippen molar-refractivity contribution in [2.24, 2.45) is 7.05 Å². The average Bonchev–Trinajstić information content (AvgIpc) is 3.54. The number of methoxy groups -OCH3 is 2. The summed E-state index contributed by atoms with van der Waals surface area (Å²) in [5, 5.41) is 5.04. The van der Waals surface area contributed by atoms with Crippen molar-refractivity contribution in [3.63, 3.8) is 0 Å². The second-order valence-corrected chi connectivity index (χ2v) is 13.5. The molecule has 0 fully saturated rings. The van der Waals surface area contributed by atoms with Gasteiger partial charge in [-0.2, -0.15) is 36.7 Å². The zero-order valence-electron chi connectivity index (χ0n) is 27.2. The summed E-state index contributed by atoms with van der Waals surface area (Å²) in [7, 11) is -0.526. The minimum atomic E-state index is -4.69. The molecule has 0 bridgehead atoms. The number of carbonyl (C=O) groups is 2. The molecule has 5 rings (SSSR count). The molecule has 4 aromatic heterocycles. The fourth-order valence-electron chi connectivity index (χ4n) is 4.29. The van der Waals surface area contributed by atoms with Crippen molar-refractivity contribution in [1.29, 1.82) is 0 Å². The molecule has 23 heteroatoms. The van der Waals surface area contributed by atoms with E-state index in [0.717, 1.165) is 19.2 Å². The van der Waals surface area contributed by atoms with Crippen molar-refractivity contribution >= 4 is 72.8 Å². The van der Waals surface area contributed by atoms with Gasteiger partial charge in [-0.25, -0.2) is 23.7 Å². The molecule has 278 valence electrons. The van der Waals surface area contributed by atoms with E-state index in [1.165, 1.54) is 30.9 Å². The number of hydrogen-bond donors (Lipinski definition) is 2. The minimum Gasteiger partial charge on any atom is -0.481 e. The summed E-state index contributed by atoms with van der Waals surface area (Å²) in [6.45, 7) is 3.22. The summed E-state index contributed by atoms with van der Waals surface area (Å²) in [4.78, 5) is 35.9. The fourth-order valence-corrected chi connectivity index (χ4v) is 6.85. The Morgan fingerprint density at radius 3 is 2.21 bits per heavy atom. The van der Waals surface area contributed by atoms with E-state index in [9.17, 15) is 35.6 Å². The van der Waals surface area contributed by atoms with Crippen LogP contribution in [-0.4, -0.2) is 69.9 Å². The molecule has 52 heavy (non-hydrogen) atoms. The van der Waals surface area contributed by atoms with E-state index in [-0.39, 0.29) is 49.7 Å². The number of carbonyl (C=O) groups excluding carboxylic acids is 2. The quantitative estimate of drug-likeness (QED) is 0.128. The number of benzene rings is 1. The van der Waals surface area contributed by atoms with Crippen molar-refractivity contribution in [1.82, 2.24) is 33.9 Å². The van der Waals surface area contributed by atoms with Gasteiger partial charge in [-0.15, -0.1) is 0 Å². The first-order chi connectivity index (χ1) is 24.3. The summed E-state index contributed by atoms with van der Waals surface area (Å²) < 4.78 is 96.7. The predicted molar refractivity (Wildman–Crippen MR) is 182 cm³/mol. The fraction of sp³-hybridized carbons (Fsp3) is 0.241. The van der Waals surface area contributed by atoms with Crippen LogP contribution in [0.5, 0.6) is 11.8 Å². The van der Waals surface area contributed by atoms with Crippen LogP contribution in [0.25, 0.3) is 16.9 Å². The maximum Gasteiger partial charge on any atom is 0.434 e. The van der Waals surface area contributed by atoms with E-state index in [2.05, 4.69) is 41.3 Å². The van der Waals surface area contributed by atoms with E-state index in [0.29, 0.717) is 10.3 Å². The third-order valence-electron chi connectivity index (χ3n) is 6.38. The summed E-state index contributed by atoms with van der Waals surface area (Å²) in [6.07, 6.45) is -3.69. The normalized spacial score (nSPS) is 11.6. The molecule has 2 amide bonds.